The normalized spacial score (nSPS) is 34.0. The zero-order chi connectivity index (χ0) is 29.3. The van der Waals surface area contributed by atoms with Gasteiger partial charge in [0.2, 0.25) is 5.91 Å². The van der Waals surface area contributed by atoms with Gasteiger partial charge in [-0.15, -0.1) is 0 Å². The van der Waals surface area contributed by atoms with Crippen molar-refractivity contribution in [2.24, 2.45) is 29.4 Å². The molecule has 0 heterocycles. The zero-order valence-corrected chi connectivity index (χ0v) is 23.5. The Balaban J connectivity index is 1.59. The second kappa shape index (κ2) is 10.2. The summed E-state index contributed by atoms with van der Waals surface area (Å²) in [5.74, 6) is -8.89. The molecule has 0 aromatic heterocycles. The summed E-state index contributed by atoms with van der Waals surface area (Å²) >= 11 is 0. The fourth-order valence-electron chi connectivity index (χ4n) is 7.84. The van der Waals surface area contributed by atoms with Gasteiger partial charge in [0, 0.05) is 49.9 Å². The largest absolute Gasteiger partial charge is 0.507 e. The van der Waals surface area contributed by atoms with Gasteiger partial charge in [0.25, 0.3) is 0 Å². The Morgan fingerprint density at radius 3 is 2.35 bits per heavy atom. The predicted molar refractivity (Wildman–Crippen MR) is 146 cm³/mol. The third kappa shape index (κ3) is 4.17. The molecule has 5 rings (SSSR count). The van der Waals surface area contributed by atoms with Crippen molar-refractivity contribution < 1.29 is 34.5 Å². The van der Waals surface area contributed by atoms with Crippen molar-refractivity contribution in [1.29, 1.82) is 0 Å². The van der Waals surface area contributed by atoms with E-state index in [4.69, 9.17) is 5.73 Å². The number of nitrogens with one attached hydrogen (secondary N) is 1. The first-order valence-electron chi connectivity index (χ1n) is 14.1. The third-order valence-corrected chi connectivity index (χ3v) is 9.76. The molecule has 218 valence electrons. The molecule has 1 aromatic carbocycles. The van der Waals surface area contributed by atoms with Crippen LogP contribution in [-0.4, -0.2) is 95.5 Å². The molecule has 0 radical (unpaired) electrons. The molecule has 0 bridgehead atoms. The Morgan fingerprint density at radius 2 is 1.77 bits per heavy atom. The Morgan fingerprint density at radius 1 is 1.12 bits per heavy atom. The first kappa shape index (κ1) is 28.7. The summed E-state index contributed by atoms with van der Waals surface area (Å²) in [6.45, 7) is 0.354. The summed E-state index contributed by atoms with van der Waals surface area (Å²) in [6, 6.07) is 1.28. The number of nitrogens with zero attached hydrogens (tertiary/aromatic N) is 2. The number of ketones is 3. The molecule has 4 aliphatic rings. The minimum Gasteiger partial charge on any atom is -0.507 e. The van der Waals surface area contributed by atoms with Crippen molar-refractivity contribution in [3.8, 4) is 5.75 Å². The average molecular weight is 557 g/mol. The number of carbonyl (C=O) groups excluding carboxylic acids is 4. The summed E-state index contributed by atoms with van der Waals surface area (Å²) in [6.07, 6.45) is 3.23. The Hall–Kier alpha value is -2.86. The van der Waals surface area contributed by atoms with E-state index in [2.05, 4.69) is 5.32 Å². The van der Waals surface area contributed by atoms with Gasteiger partial charge in [0.15, 0.2) is 23.0 Å². The van der Waals surface area contributed by atoms with E-state index in [1.165, 1.54) is 0 Å². The number of Topliss-reactive ketones (excluding diaryl/α,β-unsaturated/α-hetero) is 3. The number of nitrogens with two attached hydrogens (primary N) is 1. The lowest BCUT2D eigenvalue weighted by Gasteiger charge is -2.55. The molecule has 3 saturated carbocycles. The maximum atomic E-state index is 14.1. The summed E-state index contributed by atoms with van der Waals surface area (Å²) in [4.78, 5) is 57.3. The van der Waals surface area contributed by atoms with E-state index in [1.54, 1.807) is 19.0 Å². The number of phenolic OH excluding ortho intramolecular Hbond substituents is 1. The molecule has 1 aromatic rings. The minimum absolute atomic E-state index is 0.0463. The number of likely N-dealkylation sites (N-methyl/N-ethyl adjacent to an activating group) is 1. The summed E-state index contributed by atoms with van der Waals surface area (Å²) in [7, 11) is 6.96. The van der Waals surface area contributed by atoms with Gasteiger partial charge in [-0.05, 0) is 57.3 Å². The predicted octanol–water partition coefficient (Wildman–Crippen LogP) is -0.243. The molecule has 4 aliphatic carbocycles. The number of aliphatic hydroxyl groups is 2. The van der Waals surface area contributed by atoms with E-state index in [9.17, 15) is 34.5 Å². The van der Waals surface area contributed by atoms with E-state index >= 15 is 0 Å². The van der Waals surface area contributed by atoms with Crippen LogP contribution in [-0.2, 0) is 27.3 Å². The fourth-order valence-corrected chi connectivity index (χ4v) is 7.84. The molecule has 6 N–H and O–H groups in total. The molecule has 40 heavy (non-hydrogen) atoms. The van der Waals surface area contributed by atoms with Gasteiger partial charge >= 0.3 is 0 Å². The molecule has 3 fully saturated rings. The van der Waals surface area contributed by atoms with Gasteiger partial charge < -0.3 is 36.2 Å². The third-order valence-electron chi connectivity index (χ3n) is 9.76. The molecule has 11 nitrogen and oxygen atoms in total. The molecule has 0 spiro atoms. The van der Waals surface area contributed by atoms with Crippen molar-refractivity contribution in [1.82, 2.24) is 10.2 Å². The van der Waals surface area contributed by atoms with Gasteiger partial charge in [-0.2, -0.15) is 0 Å². The topological polar surface area (TPSA) is 173 Å². The maximum absolute atomic E-state index is 14.1. The number of aliphatic hydroxyl groups excluding tert-OH is 1. The molecule has 0 aliphatic heterocycles. The number of rotatable bonds is 6. The number of hydrogen-bond donors (Lipinski definition) is 5. The number of carbonyl (C=O) groups is 4. The van der Waals surface area contributed by atoms with E-state index in [0.29, 0.717) is 23.7 Å². The highest BCUT2D eigenvalue weighted by molar-refractivity contribution is 6.25. The van der Waals surface area contributed by atoms with E-state index in [1.807, 2.05) is 25.1 Å². The van der Waals surface area contributed by atoms with Crippen LogP contribution in [0, 0.1) is 23.7 Å². The van der Waals surface area contributed by atoms with Crippen molar-refractivity contribution in [3.63, 3.8) is 0 Å². The minimum atomic E-state index is -2.66. The van der Waals surface area contributed by atoms with E-state index in [-0.39, 0.29) is 24.2 Å². The highest BCUT2D eigenvalue weighted by Gasteiger charge is 2.69. The Labute approximate surface area is 233 Å². The number of hydrogen-bond acceptors (Lipinski definition) is 10. The second-order valence-corrected chi connectivity index (χ2v) is 12.5. The van der Waals surface area contributed by atoms with Crippen LogP contribution in [0.5, 0.6) is 5.75 Å². The number of fused-ring (bicyclic) bond motifs is 3. The van der Waals surface area contributed by atoms with E-state index in [0.717, 1.165) is 31.4 Å². The van der Waals surface area contributed by atoms with Crippen LogP contribution in [0.4, 0.5) is 5.69 Å². The van der Waals surface area contributed by atoms with Gasteiger partial charge in [-0.1, -0.05) is 12.8 Å². The van der Waals surface area contributed by atoms with Gasteiger partial charge in [0.1, 0.15) is 11.7 Å². The summed E-state index contributed by atoms with van der Waals surface area (Å²) in [5.41, 5.74) is 4.75. The van der Waals surface area contributed by atoms with Gasteiger partial charge in [0.05, 0.1) is 17.6 Å². The second-order valence-electron chi connectivity index (χ2n) is 12.5. The molecule has 3 unspecified atom stereocenters. The van der Waals surface area contributed by atoms with Crippen LogP contribution in [0.15, 0.2) is 6.07 Å². The van der Waals surface area contributed by atoms with Crippen LogP contribution >= 0.6 is 0 Å². The van der Waals surface area contributed by atoms with Crippen molar-refractivity contribution in [3.05, 3.63) is 22.8 Å². The van der Waals surface area contributed by atoms with Gasteiger partial charge in [-0.25, -0.2) is 0 Å². The summed E-state index contributed by atoms with van der Waals surface area (Å²) < 4.78 is 0. The fraction of sp³-hybridized carbons (Fsp3) is 0.655. The number of primary amides is 1. The van der Waals surface area contributed by atoms with Crippen LogP contribution < -0.4 is 16.0 Å². The SMILES string of the molecule is CN(C)c1cc(CNC2CCCC2)c(O)c2c1C[C@@H]1C[C@@H]3[C@@H](N(C)C)C(O)C(C(N)=O)C(=O)[C@]3(O)C(=O)C1C2=O. The van der Waals surface area contributed by atoms with Crippen LogP contribution in [0.25, 0.3) is 0 Å². The molecule has 1 amide bonds. The highest BCUT2D eigenvalue weighted by atomic mass is 16.3. The highest BCUT2D eigenvalue weighted by Crippen LogP contribution is 2.52. The molecule has 11 heteroatoms. The molecular formula is C29H40N4O7. The maximum Gasteiger partial charge on any atom is 0.230 e. The zero-order valence-electron chi connectivity index (χ0n) is 23.5. The Kier molecular flexibility index (Phi) is 7.31. The smallest absolute Gasteiger partial charge is 0.230 e. The first-order valence-corrected chi connectivity index (χ1v) is 14.1. The first-order chi connectivity index (χ1) is 18.8. The number of anilines is 1. The number of phenols is 1. The number of benzene rings is 1. The number of aromatic hydroxyl groups is 1. The monoisotopic (exact) mass is 556 g/mol. The summed E-state index contributed by atoms with van der Waals surface area (Å²) in [5, 5.41) is 37.6. The van der Waals surface area contributed by atoms with E-state index < -0.39 is 64.7 Å². The quantitative estimate of drug-likeness (QED) is 0.294. The Bertz CT molecular complexity index is 1260. The number of amides is 1. The van der Waals surface area contributed by atoms with Crippen molar-refractivity contribution in [2.45, 2.75) is 68.9 Å². The van der Waals surface area contributed by atoms with Crippen molar-refractivity contribution >= 4 is 28.9 Å². The molecule has 0 saturated heterocycles. The molecular weight excluding hydrogens is 516 g/mol. The molecule has 7 atom stereocenters. The van der Waals surface area contributed by atoms with Gasteiger partial charge in [-0.3, -0.25) is 19.2 Å². The lowest BCUT2D eigenvalue weighted by Crippen LogP contribution is -2.75. The van der Waals surface area contributed by atoms with Crippen molar-refractivity contribution in [2.75, 3.05) is 33.1 Å². The average Bonchev–Trinajstić information content (AvgIpc) is 3.39. The van der Waals surface area contributed by atoms with Crippen LogP contribution in [0.2, 0.25) is 0 Å². The lowest BCUT2D eigenvalue weighted by atomic mass is 9.52. The van der Waals surface area contributed by atoms with Crippen LogP contribution in [0.1, 0.15) is 53.6 Å². The van der Waals surface area contributed by atoms with Crippen LogP contribution in [0.3, 0.4) is 0 Å². The lowest BCUT2D eigenvalue weighted by molar-refractivity contribution is -0.190. The standard InChI is InChI=1S/C29H40N4O7/c1-32(2)18-11-14(12-31-15-7-5-6-8-15)23(34)20-16(18)9-13-10-17-22(33(3)4)25(36)21(28(30)39)27(38)29(17,40)26(37)19(13)24(20)35/h11,13,15,17,19,21-22,25,31,34,36,40H,5-10,12H2,1-4H3,(H2,30,39)/t13-,17-,19?,21?,22-,25?,29-/m1/s1.